The zero-order chi connectivity index (χ0) is 17.5. The molecular weight excluding hydrogens is 310 g/mol. The first-order valence-corrected chi connectivity index (χ1v) is 9.43. The highest BCUT2D eigenvalue weighted by Gasteiger charge is 2.26. The Kier molecular flexibility index (Phi) is 4.21. The lowest BCUT2D eigenvalue weighted by Gasteiger charge is -2.38. The summed E-state index contributed by atoms with van der Waals surface area (Å²) in [7, 11) is 0. The third-order valence-corrected chi connectivity index (χ3v) is 5.31. The largest absolute Gasteiger partial charge is 0.335 e. The topological polar surface area (TPSA) is 3.24 Å². The van der Waals surface area contributed by atoms with Gasteiger partial charge in [0.15, 0.2) is 0 Å². The molecule has 0 saturated heterocycles. The van der Waals surface area contributed by atoms with Gasteiger partial charge in [-0.25, -0.2) is 0 Å². The molecule has 0 fully saturated rings. The van der Waals surface area contributed by atoms with Crippen LogP contribution in [-0.4, -0.2) is 5.54 Å². The van der Waals surface area contributed by atoms with Crippen LogP contribution >= 0.6 is 11.3 Å². The Morgan fingerprint density at radius 3 is 2.00 bits per heavy atom. The quantitative estimate of drug-likeness (QED) is 0.480. The number of fused-ring (bicyclic) bond motifs is 1. The molecule has 0 radical (unpaired) electrons. The molecule has 0 N–H and O–H groups in total. The lowest BCUT2D eigenvalue weighted by molar-refractivity contribution is 0.561. The Morgan fingerprint density at radius 2 is 1.42 bits per heavy atom. The lowest BCUT2D eigenvalue weighted by Crippen LogP contribution is -2.37. The minimum absolute atomic E-state index is 0.00704. The second-order valence-electron chi connectivity index (χ2n) is 8.42. The van der Waals surface area contributed by atoms with Crippen molar-refractivity contribution >= 4 is 32.8 Å². The van der Waals surface area contributed by atoms with Crippen LogP contribution in [0.4, 0.5) is 11.4 Å². The van der Waals surface area contributed by atoms with Gasteiger partial charge in [0, 0.05) is 26.7 Å². The SMILES string of the molecule is CC(C)(C)c1ccc(N(c2csc3ccccc23)C(C)(C)C)cc1. The Labute approximate surface area is 149 Å². The summed E-state index contributed by atoms with van der Waals surface area (Å²) in [5, 5.41) is 3.62. The molecule has 0 aliphatic heterocycles. The predicted molar refractivity (Wildman–Crippen MR) is 109 cm³/mol. The van der Waals surface area contributed by atoms with E-state index >= 15 is 0 Å². The summed E-state index contributed by atoms with van der Waals surface area (Å²) in [6.45, 7) is 13.6. The number of benzene rings is 2. The predicted octanol–water partition coefficient (Wildman–Crippen LogP) is 7.14. The van der Waals surface area contributed by atoms with Crippen molar-refractivity contribution in [3.05, 3.63) is 59.5 Å². The highest BCUT2D eigenvalue weighted by Crippen LogP contribution is 2.41. The maximum atomic E-state index is 2.46. The van der Waals surface area contributed by atoms with Crippen molar-refractivity contribution < 1.29 is 0 Å². The summed E-state index contributed by atoms with van der Waals surface area (Å²) in [4.78, 5) is 2.46. The van der Waals surface area contributed by atoms with E-state index in [0.717, 1.165) is 0 Å². The van der Waals surface area contributed by atoms with E-state index in [0.29, 0.717) is 0 Å². The third kappa shape index (κ3) is 3.21. The van der Waals surface area contributed by atoms with Crippen molar-refractivity contribution in [2.24, 2.45) is 0 Å². The molecule has 1 nitrogen and oxygen atoms in total. The maximum absolute atomic E-state index is 2.46. The molecule has 24 heavy (non-hydrogen) atoms. The van der Waals surface area contributed by atoms with Gasteiger partial charge in [0.1, 0.15) is 0 Å². The Hall–Kier alpha value is -1.80. The van der Waals surface area contributed by atoms with Gasteiger partial charge in [-0.2, -0.15) is 0 Å². The summed E-state index contributed by atoms with van der Waals surface area (Å²) < 4.78 is 1.34. The molecule has 1 aromatic heterocycles. The monoisotopic (exact) mass is 337 g/mol. The second kappa shape index (κ2) is 5.93. The minimum Gasteiger partial charge on any atom is -0.335 e. The number of hydrogen-bond donors (Lipinski definition) is 0. The highest BCUT2D eigenvalue weighted by molar-refractivity contribution is 7.17. The molecule has 0 bridgehead atoms. The standard InChI is InChI=1S/C22H27NS/c1-21(2,3)16-11-13-17(14-12-16)23(22(4,5)6)19-15-24-20-10-8-7-9-18(19)20/h7-15H,1-6H3. The van der Waals surface area contributed by atoms with Gasteiger partial charge in [0.25, 0.3) is 0 Å². The van der Waals surface area contributed by atoms with Crippen LogP contribution in [0.25, 0.3) is 10.1 Å². The maximum Gasteiger partial charge on any atom is 0.0604 e. The van der Waals surface area contributed by atoms with E-state index < -0.39 is 0 Å². The van der Waals surface area contributed by atoms with Crippen LogP contribution in [0.2, 0.25) is 0 Å². The lowest BCUT2D eigenvalue weighted by atomic mass is 9.87. The second-order valence-corrected chi connectivity index (χ2v) is 9.33. The zero-order valence-corrected chi connectivity index (χ0v) is 16.4. The molecule has 0 amide bonds. The van der Waals surface area contributed by atoms with E-state index in [2.05, 4.69) is 100 Å². The molecule has 0 unspecified atom stereocenters. The van der Waals surface area contributed by atoms with Crippen LogP contribution < -0.4 is 4.90 Å². The van der Waals surface area contributed by atoms with Gasteiger partial charge >= 0.3 is 0 Å². The van der Waals surface area contributed by atoms with Crippen molar-refractivity contribution in [1.82, 2.24) is 0 Å². The first-order chi connectivity index (χ1) is 11.2. The van der Waals surface area contributed by atoms with Crippen LogP contribution in [-0.2, 0) is 5.41 Å². The van der Waals surface area contributed by atoms with Gasteiger partial charge in [0.05, 0.1) is 5.69 Å². The number of thiophene rings is 1. The van der Waals surface area contributed by atoms with Crippen molar-refractivity contribution in [3.8, 4) is 0 Å². The van der Waals surface area contributed by atoms with Crippen molar-refractivity contribution in [1.29, 1.82) is 0 Å². The summed E-state index contributed by atoms with van der Waals surface area (Å²) >= 11 is 1.82. The summed E-state index contributed by atoms with van der Waals surface area (Å²) in [5.41, 5.74) is 4.11. The van der Waals surface area contributed by atoms with E-state index in [-0.39, 0.29) is 11.0 Å². The Balaban J connectivity index is 2.11. The van der Waals surface area contributed by atoms with Crippen LogP contribution in [0.3, 0.4) is 0 Å². The fraction of sp³-hybridized carbons (Fsp3) is 0.364. The highest BCUT2D eigenvalue weighted by atomic mass is 32.1. The molecule has 0 saturated carbocycles. The average molecular weight is 338 g/mol. The minimum atomic E-state index is 0.00704. The van der Waals surface area contributed by atoms with E-state index in [4.69, 9.17) is 0 Å². The molecule has 126 valence electrons. The summed E-state index contributed by atoms with van der Waals surface area (Å²) in [6.07, 6.45) is 0. The van der Waals surface area contributed by atoms with Gasteiger partial charge < -0.3 is 4.90 Å². The molecule has 1 heterocycles. The smallest absolute Gasteiger partial charge is 0.0604 e. The number of hydrogen-bond acceptors (Lipinski definition) is 2. The normalized spacial score (nSPS) is 12.6. The average Bonchev–Trinajstić information content (AvgIpc) is 2.90. The third-order valence-electron chi connectivity index (χ3n) is 4.36. The van der Waals surface area contributed by atoms with E-state index in [9.17, 15) is 0 Å². The van der Waals surface area contributed by atoms with Gasteiger partial charge in [-0.1, -0.05) is 51.1 Å². The fourth-order valence-electron chi connectivity index (χ4n) is 3.14. The van der Waals surface area contributed by atoms with Crippen LogP contribution in [0.15, 0.2) is 53.9 Å². The van der Waals surface area contributed by atoms with Crippen LogP contribution in [0.5, 0.6) is 0 Å². The molecule has 0 aliphatic rings. The molecule has 2 heteroatoms. The number of nitrogens with zero attached hydrogens (tertiary/aromatic N) is 1. The molecule has 0 spiro atoms. The van der Waals surface area contributed by atoms with Gasteiger partial charge in [-0.05, 0) is 49.9 Å². The molecular formula is C22H27NS. The first-order valence-electron chi connectivity index (χ1n) is 8.55. The van der Waals surface area contributed by atoms with Crippen LogP contribution in [0.1, 0.15) is 47.1 Å². The van der Waals surface area contributed by atoms with E-state index in [1.54, 1.807) is 0 Å². The fourth-order valence-corrected chi connectivity index (χ4v) is 4.06. The Morgan fingerprint density at radius 1 is 0.792 bits per heavy atom. The summed E-state index contributed by atoms with van der Waals surface area (Å²) in [6, 6.07) is 17.7. The van der Waals surface area contributed by atoms with Crippen molar-refractivity contribution in [2.45, 2.75) is 52.5 Å². The van der Waals surface area contributed by atoms with E-state index in [1.165, 1.54) is 27.0 Å². The summed E-state index contributed by atoms with van der Waals surface area (Å²) in [5.74, 6) is 0. The molecule has 0 aliphatic carbocycles. The van der Waals surface area contributed by atoms with Gasteiger partial charge in [-0.3, -0.25) is 0 Å². The molecule has 3 aromatic rings. The molecule has 0 atom stereocenters. The van der Waals surface area contributed by atoms with Gasteiger partial charge in [-0.15, -0.1) is 11.3 Å². The molecule has 2 aromatic carbocycles. The van der Waals surface area contributed by atoms with Gasteiger partial charge in [0.2, 0.25) is 0 Å². The molecule has 3 rings (SSSR count). The first kappa shape index (κ1) is 17.0. The Bertz CT molecular complexity index is 829. The number of rotatable bonds is 2. The zero-order valence-electron chi connectivity index (χ0n) is 15.6. The van der Waals surface area contributed by atoms with E-state index in [1.807, 2.05) is 11.3 Å². The van der Waals surface area contributed by atoms with Crippen molar-refractivity contribution in [2.75, 3.05) is 4.90 Å². The van der Waals surface area contributed by atoms with Crippen LogP contribution in [0, 0.1) is 0 Å². The van der Waals surface area contributed by atoms with Crippen molar-refractivity contribution in [3.63, 3.8) is 0 Å². The number of anilines is 2.